The first kappa shape index (κ1) is 12.3. The molecule has 0 saturated heterocycles. The van der Waals surface area contributed by atoms with Gasteiger partial charge in [-0.3, -0.25) is 0 Å². The van der Waals surface area contributed by atoms with Crippen molar-refractivity contribution in [3.05, 3.63) is 40.7 Å². The van der Waals surface area contributed by atoms with Crippen LogP contribution < -0.4 is 5.73 Å². The molecule has 0 aliphatic heterocycles. The SMILES string of the molecule is Cc1ccc(Cc2noc(-c3nonc3N)n2)cc1C. The maximum atomic E-state index is 5.58. The lowest BCUT2D eigenvalue weighted by molar-refractivity contribution is 0.308. The maximum Gasteiger partial charge on any atom is 0.284 e. The van der Waals surface area contributed by atoms with Crippen molar-refractivity contribution in [3.8, 4) is 11.6 Å². The Morgan fingerprint density at radius 1 is 1.10 bits per heavy atom. The molecule has 3 rings (SSSR count). The minimum absolute atomic E-state index is 0.131. The topological polar surface area (TPSA) is 104 Å². The standard InChI is InChI=1S/C13H13N5O2/c1-7-3-4-9(5-8(7)2)6-10-15-13(19-16-10)11-12(14)18-20-17-11/h3-5H,6H2,1-2H3,(H2,14,18). The zero-order chi connectivity index (χ0) is 14.1. The fourth-order valence-electron chi connectivity index (χ4n) is 1.86. The van der Waals surface area contributed by atoms with Gasteiger partial charge in [0, 0.05) is 6.42 Å². The van der Waals surface area contributed by atoms with E-state index in [1.807, 2.05) is 6.07 Å². The molecule has 20 heavy (non-hydrogen) atoms. The molecule has 2 aromatic heterocycles. The number of nitrogen functional groups attached to an aromatic ring is 1. The van der Waals surface area contributed by atoms with Gasteiger partial charge in [-0.1, -0.05) is 23.4 Å². The molecule has 102 valence electrons. The van der Waals surface area contributed by atoms with E-state index >= 15 is 0 Å². The van der Waals surface area contributed by atoms with Gasteiger partial charge in [0.1, 0.15) is 0 Å². The molecule has 7 nitrogen and oxygen atoms in total. The third-order valence-electron chi connectivity index (χ3n) is 3.12. The number of nitrogens with zero attached hydrogens (tertiary/aromatic N) is 4. The van der Waals surface area contributed by atoms with Crippen LogP contribution in [-0.4, -0.2) is 20.5 Å². The van der Waals surface area contributed by atoms with Crippen molar-refractivity contribution in [2.75, 3.05) is 5.73 Å². The van der Waals surface area contributed by atoms with Crippen LogP contribution in [0.25, 0.3) is 11.6 Å². The van der Waals surface area contributed by atoms with E-state index in [1.165, 1.54) is 11.1 Å². The highest BCUT2D eigenvalue weighted by Crippen LogP contribution is 2.20. The monoisotopic (exact) mass is 271 g/mol. The lowest BCUT2D eigenvalue weighted by Crippen LogP contribution is -1.93. The van der Waals surface area contributed by atoms with Crippen molar-refractivity contribution < 1.29 is 9.15 Å². The predicted octanol–water partition coefficient (Wildman–Crippen LogP) is 1.91. The Balaban J connectivity index is 1.84. The fraction of sp³-hybridized carbons (Fsp3) is 0.231. The molecular weight excluding hydrogens is 258 g/mol. The van der Waals surface area contributed by atoms with Crippen LogP contribution in [0.4, 0.5) is 5.82 Å². The summed E-state index contributed by atoms with van der Waals surface area (Å²) in [7, 11) is 0. The zero-order valence-corrected chi connectivity index (χ0v) is 11.1. The Kier molecular flexibility index (Phi) is 2.94. The van der Waals surface area contributed by atoms with Crippen LogP contribution in [-0.2, 0) is 6.42 Å². The maximum absolute atomic E-state index is 5.58. The quantitative estimate of drug-likeness (QED) is 0.775. The second kappa shape index (κ2) is 4.76. The normalized spacial score (nSPS) is 10.9. The minimum Gasteiger partial charge on any atom is -0.379 e. The molecule has 0 aliphatic carbocycles. The van der Waals surface area contributed by atoms with E-state index in [0.717, 1.165) is 5.56 Å². The first-order chi connectivity index (χ1) is 9.63. The van der Waals surface area contributed by atoms with Gasteiger partial charge in [-0.15, -0.1) is 0 Å². The van der Waals surface area contributed by atoms with Gasteiger partial charge in [-0.25, -0.2) is 4.63 Å². The molecule has 0 bridgehead atoms. The molecule has 0 saturated carbocycles. The van der Waals surface area contributed by atoms with Gasteiger partial charge in [0.15, 0.2) is 5.82 Å². The molecule has 2 N–H and O–H groups in total. The number of rotatable bonds is 3. The van der Waals surface area contributed by atoms with E-state index < -0.39 is 0 Å². The van der Waals surface area contributed by atoms with E-state index in [-0.39, 0.29) is 17.4 Å². The number of aryl methyl sites for hydroxylation is 2. The van der Waals surface area contributed by atoms with E-state index in [4.69, 9.17) is 10.3 Å². The molecular formula is C13H13N5O2. The molecule has 1 aromatic carbocycles. The van der Waals surface area contributed by atoms with Crippen molar-refractivity contribution in [1.82, 2.24) is 20.5 Å². The van der Waals surface area contributed by atoms with Gasteiger partial charge >= 0.3 is 0 Å². The third kappa shape index (κ3) is 2.25. The molecule has 0 spiro atoms. The molecule has 0 unspecified atom stereocenters. The van der Waals surface area contributed by atoms with E-state index in [9.17, 15) is 0 Å². The van der Waals surface area contributed by atoms with Crippen LogP contribution in [0.1, 0.15) is 22.5 Å². The van der Waals surface area contributed by atoms with E-state index in [2.05, 4.69) is 51.1 Å². The van der Waals surface area contributed by atoms with Crippen LogP contribution in [0.3, 0.4) is 0 Å². The number of hydrogen-bond acceptors (Lipinski definition) is 7. The minimum atomic E-state index is 0.131. The van der Waals surface area contributed by atoms with Crippen LogP contribution in [0.15, 0.2) is 27.4 Å². The van der Waals surface area contributed by atoms with Gasteiger partial charge in [-0.2, -0.15) is 4.98 Å². The van der Waals surface area contributed by atoms with E-state index in [0.29, 0.717) is 12.2 Å². The Morgan fingerprint density at radius 2 is 1.95 bits per heavy atom. The van der Waals surface area contributed by atoms with Gasteiger partial charge in [0.05, 0.1) is 0 Å². The molecule has 3 aromatic rings. The molecule has 0 atom stereocenters. The predicted molar refractivity (Wildman–Crippen MR) is 70.7 cm³/mol. The smallest absolute Gasteiger partial charge is 0.284 e. The van der Waals surface area contributed by atoms with Crippen molar-refractivity contribution >= 4 is 5.82 Å². The van der Waals surface area contributed by atoms with Crippen molar-refractivity contribution in [2.24, 2.45) is 0 Å². The summed E-state index contributed by atoms with van der Waals surface area (Å²) in [5.41, 5.74) is 9.45. The number of nitrogens with two attached hydrogens (primary N) is 1. The first-order valence-electron chi connectivity index (χ1n) is 6.10. The number of benzene rings is 1. The lowest BCUT2D eigenvalue weighted by Gasteiger charge is -2.02. The van der Waals surface area contributed by atoms with Crippen LogP contribution in [0.5, 0.6) is 0 Å². The highest BCUT2D eigenvalue weighted by molar-refractivity contribution is 5.60. The Bertz CT molecular complexity index is 747. The van der Waals surface area contributed by atoms with Crippen molar-refractivity contribution in [3.63, 3.8) is 0 Å². The van der Waals surface area contributed by atoms with Crippen LogP contribution in [0.2, 0.25) is 0 Å². The average molecular weight is 271 g/mol. The average Bonchev–Trinajstić information content (AvgIpc) is 3.03. The Morgan fingerprint density at radius 3 is 2.65 bits per heavy atom. The highest BCUT2D eigenvalue weighted by Gasteiger charge is 2.17. The van der Waals surface area contributed by atoms with E-state index in [1.54, 1.807) is 0 Å². The second-order valence-corrected chi connectivity index (χ2v) is 4.61. The largest absolute Gasteiger partial charge is 0.379 e. The van der Waals surface area contributed by atoms with Crippen molar-refractivity contribution in [2.45, 2.75) is 20.3 Å². The molecule has 7 heteroatoms. The molecule has 2 heterocycles. The van der Waals surface area contributed by atoms with Gasteiger partial charge < -0.3 is 10.3 Å². The summed E-state index contributed by atoms with van der Waals surface area (Å²) in [6.45, 7) is 4.15. The number of hydrogen-bond donors (Lipinski definition) is 1. The highest BCUT2D eigenvalue weighted by atomic mass is 16.6. The van der Waals surface area contributed by atoms with Gasteiger partial charge in [0.25, 0.3) is 5.89 Å². The Labute approximate surface area is 114 Å². The summed E-state index contributed by atoms with van der Waals surface area (Å²) in [6, 6.07) is 6.23. The Hall–Kier alpha value is -2.70. The summed E-state index contributed by atoms with van der Waals surface area (Å²) in [4.78, 5) is 4.24. The van der Waals surface area contributed by atoms with Gasteiger partial charge in [0.2, 0.25) is 11.5 Å². The number of aromatic nitrogens is 4. The summed E-state index contributed by atoms with van der Waals surface area (Å²) in [5.74, 6) is 0.902. The third-order valence-corrected chi connectivity index (χ3v) is 3.12. The van der Waals surface area contributed by atoms with Crippen LogP contribution >= 0.6 is 0 Å². The van der Waals surface area contributed by atoms with Gasteiger partial charge in [-0.05, 0) is 40.9 Å². The fourth-order valence-corrected chi connectivity index (χ4v) is 1.86. The lowest BCUT2D eigenvalue weighted by atomic mass is 10.0. The summed E-state index contributed by atoms with van der Waals surface area (Å²) in [6.07, 6.45) is 0.579. The zero-order valence-electron chi connectivity index (χ0n) is 11.1. The van der Waals surface area contributed by atoms with Crippen molar-refractivity contribution in [1.29, 1.82) is 0 Å². The molecule has 0 radical (unpaired) electrons. The molecule has 0 aliphatic rings. The summed E-state index contributed by atoms with van der Waals surface area (Å²) < 4.78 is 9.62. The second-order valence-electron chi connectivity index (χ2n) is 4.61. The number of anilines is 1. The summed E-state index contributed by atoms with van der Waals surface area (Å²) >= 11 is 0. The van der Waals surface area contributed by atoms with Crippen LogP contribution in [0, 0.1) is 13.8 Å². The summed E-state index contributed by atoms with van der Waals surface area (Å²) in [5, 5.41) is 11.0. The first-order valence-corrected chi connectivity index (χ1v) is 6.10. The molecule has 0 fully saturated rings. The molecule has 0 amide bonds.